The molecular weight excluding hydrogens is 1060 g/mol. The van der Waals surface area contributed by atoms with Gasteiger partial charge in [0.1, 0.15) is 11.6 Å². The van der Waals surface area contributed by atoms with Crippen LogP contribution in [0, 0.1) is 30.9 Å². The molecule has 0 aliphatic carbocycles. The highest BCUT2D eigenvalue weighted by molar-refractivity contribution is 7.18. The topological polar surface area (TPSA) is 164 Å². The highest BCUT2D eigenvalue weighted by atomic mass is 32.1. The lowest BCUT2D eigenvalue weighted by Gasteiger charge is -2.23. The van der Waals surface area contributed by atoms with Crippen molar-refractivity contribution in [3.05, 3.63) is 248 Å². The van der Waals surface area contributed by atoms with Crippen LogP contribution in [0.1, 0.15) is 73.4 Å². The molecule has 7 aromatic carbocycles. The lowest BCUT2D eigenvalue weighted by atomic mass is 10.0. The van der Waals surface area contributed by atoms with Gasteiger partial charge in [-0.05, 0) is 138 Å². The van der Waals surface area contributed by atoms with E-state index in [0.29, 0.717) is 80.5 Å². The van der Waals surface area contributed by atoms with Gasteiger partial charge in [0.15, 0.2) is 0 Å². The number of para-hydroxylation sites is 4. The first kappa shape index (κ1) is 52.1. The number of aryl methyl sites for hydroxylation is 2. The zero-order valence-corrected chi connectivity index (χ0v) is 45.6. The number of aromatic amines is 1. The van der Waals surface area contributed by atoms with Crippen LogP contribution in [0.4, 0.5) is 31.5 Å². The molecule has 0 unspecified atom stereocenters. The van der Waals surface area contributed by atoms with Crippen molar-refractivity contribution in [2.24, 2.45) is 5.73 Å². The van der Waals surface area contributed by atoms with Crippen molar-refractivity contribution in [3.8, 4) is 32.0 Å². The minimum absolute atomic E-state index is 0.0523. The van der Waals surface area contributed by atoms with Gasteiger partial charge >= 0.3 is 0 Å². The molecule has 4 amide bonds. The van der Waals surface area contributed by atoms with Crippen molar-refractivity contribution in [1.82, 2.24) is 4.98 Å². The third-order valence-electron chi connectivity index (χ3n) is 14.9. The second-order valence-corrected chi connectivity index (χ2v) is 22.3. The second-order valence-electron chi connectivity index (χ2n) is 20.2. The molecule has 0 atom stereocenters. The van der Waals surface area contributed by atoms with Crippen LogP contribution >= 0.6 is 22.7 Å². The molecule has 2 aliphatic rings. The molecule has 3 aromatic heterocycles. The number of halogens is 2. The number of fused-ring (bicyclic) bond motifs is 7. The maximum atomic E-state index is 16.0. The standard InChI is InChI=1S/C66H51F2N7O4S2/c1-37-10-9-14-51(67)59(37)72-63(76)57-33-44-27-29-75(56-17-8-5-13-49(56)61(44)80-57)66(79)43-24-20-41(21-25-43)53(70)35-46(69)31-39-30-38(2)60(52(68)32-39)73-64(77)58-34-45-26-28-74(55-16-7-4-12-48(55)62(45)81-58)65(78)42-22-18-40(19-23-42)50-36-71-54-15-6-3-11-47(50)54/h3-25,30,32-36,70-71H,26-29,31,69H2,1-2H3,(H,72,76)(H,73,77)/b46-35-,70-53?. The highest BCUT2D eigenvalue weighted by Gasteiger charge is 2.30. The minimum Gasteiger partial charge on any atom is -0.402 e. The number of H-pyrrole nitrogens is 1. The molecule has 6 N–H and O–H groups in total. The van der Waals surface area contributed by atoms with E-state index in [1.807, 2.05) is 109 Å². The number of nitrogens with two attached hydrogens (primary N) is 1. The number of aromatic nitrogens is 1. The molecule has 0 radical (unpaired) electrons. The molecule has 0 saturated heterocycles. The molecule has 15 heteroatoms. The number of hydrogen-bond acceptors (Lipinski definition) is 8. The van der Waals surface area contributed by atoms with Crippen LogP contribution in [-0.2, 0) is 19.3 Å². The Bertz CT molecular complexity index is 4190. The Morgan fingerprint density at radius 1 is 0.605 bits per heavy atom. The van der Waals surface area contributed by atoms with Crippen LogP contribution in [0.3, 0.4) is 0 Å². The van der Waals surface area contributed by atoms with Gasteiger partial charge in [0, 0.05) is 79.9 Å². The number of benzene rings is 7. The zero-order chi connectivity index (χ0) is 56.1. The lowest BCUT2D eigenvalue weighted by Crippen LogP contribution is -2.32. The maximum absolute atomic E-state index is 16.0. The van der Waals surface area contributed by atoms with Crippen molar-refractivity contribution in [3.63, 3.8) is 0 Å². The third-order valence-corrected chi connectivity index (χ3v) is 17.3. The van der Waals surface area contributed by atoms with Gasteiger partial charge in [0.05, 0.1) is 38.2 Å². The molecule has 0 saturated carbocycles. The summed E-state index contributed by atoms with van der Waals surface area (Å²) < 4.78 is 30.6. The number of hydrogen-bond donors (Lipinski definition) is 5. The summed E-state index contributed by atoms with van der Waals surface area (Å²) >= 11 is 2.61. The molecule has 10 aromatic rings. The van der Waals surface area contributed by atoms with E-state index in [1.165, 1.54) is 40.9 Å². The Morgan fingerprint density at radius 2 is 1.14 bits per heavy atom. The van der Waals surface area contributed by atoms with Crippen LogP contribution in [0.5, 0.6) is 0 Å². The first-order chi connectivity index (χ1) is 39.3. The van der Waals surface area contributed by atoms with Crippen molar-refractivity contribution >= 4 is 85.7 Å². The molecule has 11 nitrogen and oxygen atoms in total. The Hall–Kier alpha value is -9.57. The van der Waals surface area contributed by atoms with E-state index >= 15 is 4.39 Å². The lowest BCUT2D eigenvalue weighted by molar-refractivity contribution is 0.0979. The quantitative estimate of drug-likeness (QED) is 0.0813. The summed E-state index contributed by atoms with van der Waals surface area (Å²) in [6.07, 6.45) is 4.61. The molecular formula is C66H51F2N7O4S2. The Labute approximate surface area is 473 Å². The number of thiophene rings is 2. The summed E-state index contributed by atoms with van der Waals surface area (Å²) in [4.78, 5) is 65.1. The Balaban J connectivity index is 0.684. The number of amides is 4. The predicted octanol–water partition coefficient (Wildman–Crippen LogP) is 14.6. The molecule has 0 fully saturated rings. The number of carbonyl (C=O) groups excluding carboxylic acids is 4. The summed E-state index contributed by atoms with van der Waals surface area (Å²) in [6, 6.07) is 49.1. The highest BCUT2D eigenvalue weighted by Crippen LogP contribution is 2.44. The van der Waals surface area contributed by atoms with Crippen LogP contribution in [-0.4, -0.2) is 47.4 Å². The van der Waals surface area contributed by atoms with Crippen LogP contribution in [0.25, 0.3) is 42.9 Å². The summed E-state index contributed by atoms with van der Waals surface area (Å²) in [6.45, 7) is 4.19. The molecule has 5 heterocycles. The van der Waals surface area contributed by atoms with Gasteiger partial charge in [0.2, 0.25) is 0 Å². The van der Waals surface area contributed by atoms with Crippen molar-refractivity contribution < 1.29 is 28.0 Å². The number of nitrogens with zero attached hydrogens (tertiary/aromatic N) is 2. The summed E-state index contributed by atoms with van der Waals surface area (Å²) in [5.74, 6) is -2.34. The fraction of sp³-hybridized carbons (Fsp3) is 0.106. The average Bonchev–Trinajstić information content (AvgIpc) is 4.37. The van der Waals surface area contributed by atoms with E-state index in [-0.39, 0.29) is 35.3 Å². The molecule has 0 bridgehead atoms. The van der Waals surface area contributed by atoms with Crippen molar-refractivity contribution in [1.29, 1.82) is 5.41 Å². The minimum atomic E-state index is -0.625. The third kappa shape index (κ3) is 10.1. The van der Waals surface area contributed by atoms with E-state index in [0.717, 1.165) is 59.7 Å². The maximum Gasteiger partial charge on any atom is 0.265 e. The number of nitrogens with one attached hydrogen (secondary N) is 4. The average molecular weight is 1110 g/mol. The van der Waals surface area contributed by atoms with Gasteiger partial charge in [-0.15, -0.1) is 22.7 Å². The molecule has 81 heavy (non-hydrogen) atoms. The van der Waals surface area contributed by atoms with E-state index in [2.05, 4.69) is 21.7 Å². The number of allylic oxidation sites excluding steroid dienone is 2. The van der Waals surface area contributed by atoms with E-state index < -0.39 is 23.4 Å². The van der Waals surface area contributed by atoms with Gasteiger partial charge in [-0.25, -0.2) is 8.78 Å². The summed E-state index contributed by atoms with van der Waals surface area (Å²) in [5.41, 5.74) is 18.3. The van der Waals surface area contributed by atoms with Crippen LogP contribution in [0.15, 0.2) is 182 Å². The van der Waals surface area contributed by atoms with Crippen molar-refractivity contribution in [2.45, 2.75) is 33.1 Å². The number of anilines is 4. The SMILES string of the molecule is Cc1cccc(F)c1NC(=O)c1cc2c(s1)-c1ccccc1N(C(=O)c1ccc(C(=N)/C=C(\N)Cc3cc(C)c(NC(=O)c4cc5c(s4)-c4ccccc4N(C(=O)c4ccc(-c6c[nH]c7ccccc67)cc4)CC5)c(F)c3)cc1)CC2. The monoisotopic (exact) mass is 1110 g/mol. The van der Waals surface area contributed by atoms with E-state index in [4.69, 9.17) is 11.1 Å². The van der Waals surface area contributed by atoms with Gasteiger partial charge in [-0.3, -0.25) is 19.2 Å². The number of carbonyl (C=O) groups is 4. The van der Waals surface area contributed by atoms with Gasteiger partial charge in [-0.2, -0.15) is 0 Å². The molecule has 2 aliphatic heterocycles. The Morgan fingerprint density at radius 3 is 1.72 bits per heavy atom. The largest absolute Gasteiger partial charge is 0.402 e. The second kappa shape index (κ2) is 21.6. The normalized spacial score (nSPS) is 12.9. The van der Waals surface area contributed by atoms with Crippen molar-refractivity contribution in [2.75, 3.05) is 33.5 Å². The Kier molecular flexibility index (Phi) is 13.9. The zero-order valence-electron chi connectivity index (χ0n) is 44.0. The van der Waals surface area contributed by atoms with Gasteiger partial charge < -0.3 is 36.6 Å². The summed E-state index contributed by atoms with van der Waals surface area (Å²) in [5, 5.41) is 15.5. The number of rotatable bonds is 11. The van der Waals surface area contributed by atoms with Gasteiger partial charge in [0.25, 0.3) is 23.6 Å². The van der Waals surface area contributed by atoms with E-state index in [9.17, 15) is 23.6 Å². The first-order valence-corrected chi connectivity index (χ1v) is 28.0. The summed E-state index contributed by atoms with van der Waals surface area (Å²) in [7, 11) is 0. The van der Waals surface area contributed by atoms with Gasteiger partial charge in [-0.1, -0.05) is 97.1 Å². The van der Waals surface area contributed by atoms with Crippen LogP contribution < -0.4 is 26.2 Å². The molecule has 400 valence electrons. The predicted molar refractivity (Wildman–Crippen MR) is 321 cm³/mol. The fourth-order valence-corrected chi connectivity index (χ4v) is 13.1. The molecule has 12 rings (SSSR count). The smallest absolute Gasteiger partial charge is 0.265 e. The fourth-order valence-electron chi connectivity index (χ4n) is 10.8. The first-order valence-electron chi connectivity index (χ1n) is 26.3. The van der Waals surface area contributed by atoms with E-state index in [1.54, 1.807) is 66.1 Å². The van der Waals surface area contributed by atoms with Crippen LogP contribution in [0.2, 0.25) is 0 Å². The molecule has 0 spiro atoms.